The van der Waals surface area contributed by atoms with E-state index in [0.717, 1.165) is 11.1 Å². The van der Waals surface area contributed by atoms with E-state index in [9.17, 15) is 9.59 Å². The number of aryl methyl sites for hydroxylation is 1. The van der Waals surface area contributed by atoms with Crippen LogP contribution in [0, 0.1) is 25.2 Å². The zero-order valence-corrected chi connectivity index (χ0v) is 16.0. The van der Waals surface area contributed by atoms with E-state index in [-0.39, 0.29) is 11.6 Å². The molecule has 0 unspecified atom stereocenters. The molecule has 0 heterocycles. The van der Waals surface area contributed by atoms with Crippen molar-refractivity contribution in [2.45, 2.75) is 26.9 Å². The third-order valence-corrected chi connectivity index (χ3v) is 4.25. The third kappa shape index (κ3) is 5.47. The predicted octanol–water partition coefficient (Wildman–Crippen LogP) is 3.78. The van der Waals surface area contributed by atoms with E-state index in [0.29, 0.717) is 17.0 Å². The molecule has 27 heavy (non-hydrogen) atoms. The number of amides is 1. The molecule has 2 aromatic carbocycles. The number of benzene rings is 2. The Hall–Kier alpha value is -3.04. The Morgan fingerprint density at radius 3 is 2.67 bits per heavy atom. The van der Waals surface area contributed by atoms with Crippen LogP contribution in [0.3, 0.4) is 0 Å². The van der Waals surface area contributed by atoms with Crippen molar-refractivity contribution in [3.05, 3.63) is 58.1 Å². The van der Waals surface area contributed by atoms with Crippen LogP contribution >= 0.6 is 11.6 Å². The number of nitrogens with zero attached hydrogens (tertiary/aromatic N) is 1. The molecule has 1 N–H and O–H groups in total. The molecule has 2 aromatic rings. The molecular formula is C20H19ClN2O4. The van der Waals surface area contributed by atoms with E-state index in [1.165, 1.54) is 19.1 Å². The van der Waals surface area contributed by atoms with E-state index in [1.54, 1.807) is 12.1 Å². The zero-order chi connectivity index (χ0) is 20.0. The quantitative estimate of drug-likeness (QED) is 0.763. The molecule has 2 rings (SSSR count). The normalized spacial score (nSPS) is 11.2. The fraction of sp³-hybridized carbons (Fsp3) is 0.250. The lowest BCUT2D eigenvalue weighted by atomic mass is 10.1. The molecule has 1 amide bonds. The van der Waals surface area contributed by atoms with E-state index in [1.807, 2.05) is 32.0 Å². The summed E-state index contributed by atoms with van der Waals surface area (Å²) < 4.78 is 10.6. The maximum absolute atomic E-state index is 12.1. The lowest BCUT2D eigenvalue weighted by Crippen LogP contribution is -2.31. The molecular weight excluding hydrogens is 368 g/mol. The molecule has 0 spiro atoms. The van der Waals surface area contributed by atoms with Gasteiger partial charge in [0.15, 0.2) is 12.7 Å². The van der Waals surface area contributed by atoms with Crippen molar-refractivity contribution in [2.75, 3.05) is 11.9 Å². The van der Waals surface area contributed by atoms with Crippen LogP contribution in [-0.4, -0.2) is 24.6 Å². The van der Waals surface area contributed by atoms with Gasteiger partial charge in [-0.2, -0.15) is 5.26 Å². The number of hydrogen-bond acceptors (Lipinski definition) is 5. The van der Waals surface area contributed by atoms with Gasteiger partial charge in [0.25, 0.3) is 5.91 Å². The number of carbonyl (C=O) groups excluding carboxylic acids is 2. The largest absolute Gasteiger partial charge is 0.482 e. The highest BCUT2D eigenvalue weighted by molar-refractivity contribution is 6.32. The first-order valence-electron chi connectivity index (χ1n) is 8.21. The molecule has 0 saturated carbocycles. The first-order chi connectivity index (χ1) is 12.8. The van der Waals surface area contributed by atoms with Crippen molar-refractivity contribution in [3.63, 3.8) is 0 Å². The SMILES string of the molecule is Cc1cccc(OCC(=O)O[C@H](C)C(=O)Nc2ccc(C#N)c(Cl)c2)c1C. The summed E-state index contributed by atoms with van der Waals surface area (Å²) in [6, 6.07) is 12.0. The fourth-order valence-corrected chi connectivity index (χ4v) is 2.45. The number of nitrogens with one attached hydrogen (secondary N) is 1. The van der Waals surface area contributed by atoms with Gasteiger partial charge in [0, 0.05) is 5.69 Å². The van der Waals surface area contributed by atoms with Gasteiger partial charge in [-0.3, -0.25) is 4.79 Å². The van der Waals surface area contributed by atoms with Gasteiger partial charge in [-0.05, 0) is 56.2 Å². The molecule has 0 aliphatic carbocycles. The third-order valence-electron chi connectivity index (χ3n) is 3.93. The summed E-state index contributed by atoms with van der Waals surface area (Å²) in [5, 5.41) is 11.7. The Morgan fingerprint density at radius 2 is 2.00 bits per heavy atom. The second kappa shape index (κ2) is 9.06. The minimum Gasteiger partial charge on any atom is -0.482 e. The standard InChI is InChI=1S/C20H19ClN2O4/c1-12-5-4-6-18(13(12)2)26-11-19(24)27-14(3)20(25)23-16-8-7-15(10-22)17(21)9-16/h4-9,14H,11H2,1-3H3,(H,23,25)/t14-/m1/s1. The Balaban J connectivity index is 1.88. The zero-order valence-electron chi connectivity index (χ0n) is 15.2. The van der Waals surface area contributed by atoms with Crippen molar-refractivity contribution >= 4 is 29.2 Å². The highest BCUT2D eigenvalue weighted by Crippen LogP contribution is 2.21. The van der Waals surface area contributed by atoms with E-state index in [2.05, 4.69) is 5.32 Å². The van der Waals surface area contributed by atoms with E-state index < -0.39 is 18.0 Å². The van der Waals surface area contributed by atoms with Crippen molar-refractivity contribution in [3.8, 4) is 11.8 Å². The van der Waals surface area contributed by atoms with Gasteiger partial charge < -0.3 is 14.8 Å². The summed E-state index contributed by atoms with van der Waals surface area (Å²) in [5.41, 5.74) is 2.69. The molecule has 0 aromatic heterocycles. The monoisotopic (exact) mass is 386 g/mol. The Kier molecular flexibility index (Phi) is 6.80. The number of esters is 1. The fourth-order valence-electron chi connectivity index (χ4n) is 2.23. The van der Waals surface area contributed by atoms with Crippen molar-refractivity contribution in [1.82, 2.24) is 0 Å². The topological polar surface area (TPSA) is 88.4 Å². The Morgan fingerprint density at radius 1 is 1.26 bits per heavy atom. The van der Waals surface area contributed by atoms with Crippen LogP contribution in [0.25, 0.3) is 0 Å². The van der Waals surface area contributed by atoms with E-state index >= 15 is 0 Å². The average molecular weight is 387 g/mol. The second-order valence-electron chi connectivity index (χ2n) is 5.91. The summed E-state index contributed by atoms with van der Waals surface area (Å²) in [6.45, 7) is 5.00. The summed E-state index contributed by atoms with van der Waals surface area (Å²) in [6.07, 6.45) is -1.02. The lowest BCUT2D eigenvalue weighted by molar-refractivity contribution is -0.155. The van der Waals surface area contributed by atoms with Crippen LogP contribution in [0.1, 0.15) is 23.6 Å². The van der Waals surface area contributed by atoms with E-state index in [4.69, 9.17) is 26.3 Å². The van der Waals surface area contributed by atoms with Gasteiger partial charge in [0.2, 0.25) is 0 Å². The number of nitriles is 1. The predicted molar refractivity (Wildman–Crippen MR) is 102 cm³/mol. The van der Waals surface area contributed by atoms with Gasteiger partial charge in [-0.25, -0.2) is 4.79 Å². The van der Waals surface area contributed by atoms with Crippen molar-refractivity contribution in [1.29, 1.82) is 5.26 Å². The van der Waals surface area contributed by atoms with Gasteiger partial charge in [0.05, 0.1) is 10.6 Å². The molecule has 1 atom stereocenters. The summed E-state index contributed by atoms with van der Waals surface area (Å²) in [7, 11) is 0. The molecule has 0 radical (unpaired) electrons. The molecule has 0 saturated heterocycles. The first kappa shape index (κ1) is 20.3. The number of carbonyl (C=O) groups is 2. The molecule has 0 fully saturated rings. The minimum atomic E-state index is -1.02. The second-order valence-corrected chi connectivity index (χ2v) is 6.32. The highest BCUT2D eigenvalue weighted by Gasteiger charge is 2.19. The van der Waals surface area contributed by atoms with Gasteiger partial charge in [0.1, 0.15) is 11.8 Å². The smallest absolute Gasteiger partial charge is 0.344 e. The average Bonchev–Trinajstić information content (AvgIpc) is 2.63. The maximum Gasteiger partial charge on any atom is 0.344 e. The Labute approximate surface area is 162 Å². The van der Waals surface area contributed by atoms with Crippen molar-refractivity contribution < 1.29 is 19.1 Å². The summed E-state index contributed by atoms with van der Waals surface area (Å²) in [4.78, 5) is 24.1. The van der Waals surface area contributed by atoms with Crippen LogP contribution in [0.15, 0.2) is 36.4 Å². The number of ether oxygens (including phenoxy) is 2. The van der Waals surface area contributed by atoms with Crippen LogP contribution in [-0.2, 0) is 14.3 Å². The molecule has 140 valence electrons. The lowest BCUT2D eigenvalue weighted by Gasteiger charge is -2.15. The molecule has 7 heteroatoms. The minimum absolute atomic E-state index is 0.224. The number of rotatable bonds is 6. The molecule has 0 aliphatic heterocycles. The summed E-state index contributed by atoms with van der Waals surface area (Å²) in [5.74, 6) is -0.580. The molecule has 0 aliphatic rings. The highest BCUT2D eigenvalue weighted by atomic mass is 35.5. The molecule has 0 bridgehead atoms. The van der Waals surface area contributed by atoms with Crippen LogP contribution < -0.4 is 10.1 Å². The van der Waals surface area contributed by atoms with Crippen molar-refractivity contribution in [2.24, 2.45) is 0 Å². The Bertz CT molecular complexity index is 905. The summed E-state index contributed by atoms with van der Waals surface area (Å²) >= 11 is 5.92. The number of hydrogen-bond donors (Lipinski definition) is 1. The van der Waals surface area contributed by atoms with Crippen LogP contribution in [0.5, 0.6) is 5.75 Å². The number of halogens is 1. The van der Waals surface area contributed by atoms with Crippen LogP contribution in [0.4, 0.5) is 5.69 Å². The van der Waals surface area contributed by atoms with Gasteiger partial charge >= 0.3 is 5.97 Å². The first-order valence-corrected chi connectivity index (χ1v) is 8.58. The van der Waals surface area contributed by atoms with Crippen LogP contribution in [0.2, 0.25) is 5.02 Å². The molecule has 6 nitrogen and oxygen atoms in total. The van der Waals surface area contributed by atoms with Gasteiger partial charge in [-0.15, -0.1) is 0 Å². The van der Waals surface area contributed by atoms with Gasteiger partial charge in [-0.1, -0.05) is 23.7 Å². The number of anilines is 1. The maximum atomic E-state index is 12.1.